The molecule has 19 heavy (non-hydrogen) atoms. The number of nitro benzene ring substituents is 1. The molecular weight excluding hydrogens is 260 g/mol. The maximum Gasteiger partial charge on any atom is 0.292 e. The largest absolute Gasteiger partial charge is 0.378 e. The minimum absolute atomic E-state index is 0.138. The molecule has 0 aliphatic rings. The molecule has 0 saturated carbocycles. The van der Waals surface area contributed by atoms with Gasteiger partial charge in [0.25, 0.3) is 5.69 Å². The lowest BCUT2D eigenvalue weighted by molar-refractivity contribution is -0.384. The van der Waals surface area contributed by atoms with Gasteiger partial charge >= 0.3 is 0 Å². The molecule has 0 heterocycles. The Morgan fingerprint density at radius 2 is 2.00 bits per heavy atom. The molecule has 1 N–H and O–H groups in total. The Bertz CT molecular complexity index is 437. The monoisotopic (exact) mass is 282 g/mol. The normalized spacial score (nSPS) is 11.4. The van der Waals surface area contributed by atoms with E-state index in [0.717, 1.165) is 24.9 Å². The molecule has 5 heteroatoms. The minimum Gasteiger partial charge on any atom is -0.378 e. The molecule has 0 aromatic heterocycles. The summed E-state index contributed by atoms with van der Waals surface area (Å²) in [6.45, 7) is 6.92. The number of nitro groups is 1. The van der Waals surface area contributed by atoms with Gasteiger partial charge in [-0.2, -0.15) is 11.8 Å². The predicted octanol–water partition coefficient (Wildman–Crippen LogP) is 4.24. The lowest BCUT2D eigenvalue weighted by Crippen LogP contribution is -2.32. The van der Waals surface area contributed by atoms with Crippen molar-refractivity contribution in [1.29, 1.82) is 0 Å². The smallest absolute Gasteiger partial charge is 0.292 e. The van der Waals surface area contributed by atoms with E-state index in [1.54, 1.807) is 12.1 Å². The summed E-state index contributed by atoms with van der Waals surface area (Å²) in [4.78, 5) is 10.7. The standard InChI is InChI=1S/C14H22N2O2S/c1-5-14(6-2,19-4)10-15-12-8-7-11(3)9-13(12)16(17)18/h7-9,15H,5-6,10H2,1-4H3. The molecule has 0 saturated heterocycles. The van der Waals surface area contributed by atoms with Gasteiger partial charge in [0.1, 0.15) is 5.69 Å². The van der Waals surface area contributed by atoms with Gasteiger partial charge in [-0.3, -0.25) is 10.1 Å². The number of anilines is 1. The summed E-state index contributed by atoms with van der Waals surface area (Å²) in [6.07, 6.45) is 4.17. The quantitative estimate of drug-likeness (QED) is 0.600. The number of hydrogen-bond acceptors (Lipinski definition) is 4. The Hall–Kier alpha value is -1.23. The number of aryl methyl sites for hydroxylation is 1. The van der Waals surface area contributed by atoms with Crippen LogP contribution in [0, 0.1) is 17.0 Å². The molecule has 0 spiro atoms. The van der Waals surface area contributed by atoms with Crippen LogP contribution in [0.1, 0.15) is 32.3 Å². The van der Waals surface area contributed by atoms with E-state index < -0.39 is 0 Å². The van der Waals surface area contributed by atoms with E-state index in [2.05, 4.69) is 25.4 Å². The highest BCUT2D eigenvalue weighted by molar-refractivity contribution is 8.00. The molecule has 0 atom stereocenters. The zero-order valence-electron chi connectivity index (χ0n) is 12.0. The number of benzene rings is 1. The van der Waals surface area contributed by atoms with Gasteiger partial charge in [-0.05, 0) is 37.7 Å². The molecule has 0 aliphatic heterocycles. The molecule has 0 fully saturated rings. The molecule has 1 aromatic carbocycles. The number of nitrogens with zero attached hydrogens (tertiary/aromatic N) is 1. The van der Waals surface area contributed by atoms with Gasteiger partial charge in [0.15, 0.2) is 0 Å². The molecule has 106 valence electrons. The third-order valence-electron chi connectivity index (χ3n) is 3.67. The van der Waals surface area contributed by atoms with Gasteiger partial charge in [-0.25, -0.2) is 0 Å². The predicted molar refractivity (Wildman–Crippen MR) is 83.2 cm³/mol. The molecule has 0 unspecified atom stereocenters. The Morgan fingerprint density at radius 3 is 2.47 bits per heavy atom. The summed E-state index contributed by atoms with van der Waals surface area (Å²) >= 11 is 1.82. The van der Waals surface area contributed by atoms with E-state index in [1.165, 1.54) is 0 Å². The molecular formula is C14H22N2O2S. The van der Waals surface area contributed by atoms with Crippen molar-refractivity contribution in [2.45, 2.75) is 38.4 Å². The fraction of sp³-hybridized carbons (Fsp3) is 0.571. The highest BCUT2D eigenvalue weighted by Crippen LogP contribution is 2.32. The highest BCUT2D eigenvalue weighted by atomic mass is 32.2. The summed E-state index contributed by atoms with van der Waals surface area (Å²) in [5.74, 6) is 0. The zero-order valence-corrected chi connectivity index (χ0v) is 12.8. The second-order valence-corrected chi connectivity index (χ2v) is 6.00. The number of rotatable bonds is 7. The van der Waals surface area contributed by atoms with Crippen LogP contribution in [-0.4, -0.2) is 22.5 Å². The summed E-state index contributed by atoms with van der Waals surface area (Å²) in [7, 11) is 0. The minimum atomic E-state index is -0.325. The SMILES string of the molecule is CCC(CC)(CNc1ccc(C)cc1[N+](=O)[O-])SC. The van der Waals surface area contributed by atoms with Crippen molar-refractivity contribution in [1.82, 2.24) is 0 Å². The van der Waals surface area contributed by atoms with Crippen LogP contribution in [0.3, 0.4) is 0 Å². The molecule has 0 aliphatic carbocycles. The Morgan fingerprint density at radius 1 is 1.37 bits per heavy atom. The Balaban J connectivity index is 2.91. The van der Waals surface area contributed by atoms with Crippen LogP contribution < -0.4 is 5.32 Å². The van der Waals surface area contributed by atoms with Gasteiger partial charge < -0.3 is 5.32 Å². The number of nitrogens with one attached hydrogen (secondary N) is 1. The van der Waals surface area contributed by atoms with Crippen LogP contribution in [0.4, 0.5) is 11.4 Å². The zero-order chi connectivity index (χ0) is 14.5. The van der Waals surface area contributed by atoms with Crippen molar-refractivity contribution in [2.24, 2.45) is 0 Å². The van der Waals surface area contributed by atoms with Crippen LogP contribution in [0.25, 0.3) is 0 Å². The summed E-state index contributed by atoms with van der Waals surface area (Å²) in [6, 6.07) is 5.30. The van der Waals surface area contributed by atoms with Crippen LogP contribution in [0.5, 0.6) is 0 Å². The van der Waals surface area contributed by atoms with Gasteiger partial charge in [0.2, 0.25) is 0 Å². The molecule has 4 nitrogen and oxygen atoms in total. The maximum absolute atomic E-state index is 11.1. The maximum atomic E-state index is 11.1. The van der Waals surface area contributed by atoms with Gasteiger partial charge in [-0.1, -0.05) is 19.9 Å². The molecule has 0 amide bonds. The molecule has 0 radical (unpaired) electrons. The Labute approximate surface area is 119 Å². The molecule has 1 aromatic rings. The number of thioether (sulfide) groups is 1. The average Bonchev–Trinajstić information content (AvgIpc) is 2.42. The van der Waals surface area contributed by atoms with E-state index in [1.807, 2.05) is 24.8 Å². The third-order valence-corrected chi connectivity index (χ3v) is 5.26. The second kappa shape index (κ2) is 6.80. The summed E-state index contributed by atoms with van der Waals surface area (Å²) < 4.78 is 0.138. The third kappa shape index (κ3) is 3.86. The van der Waals surface area contributed by atoms with E-state index >= 15 is 0 Å². The Kier molecular flexibility index (Phi) is 5.66. The first-order valence-electron chi connectivity index (χ1n) is 6.52. The van der Waals surface area contributed by atoms with Crippen molar-refractivity contribution < 1.29 is 4.92 Å². The van der Waals surface area contributed by atoms with Crippen molar-refractivity contribution >= 4 is 23.1 Å². The lowest BCUT2D eigenvalue weighted by atomic mass is 10.0. The van der Waals surface area contributed by atoms with Crippen molar-refractivity contribution in [3.63, 3.8) is 0 Å². The first kappa shape index (κ1) is 15.8. The first-order valence-corrected chi connectivity index (χ1v) is 7.74. The van der Waals surface area contributed by atoms with Gasteiger partial charge in [0, 0.05) is 17.4 Å². The van der Waals surface area contributed by atoms with E-state index in [9.17, 15) is 10.1 Å². The van der Waals surface area contributed by atoms with Crippen LogP contribution in [0.15, 0.2) is 18.2 Å². The van der Waals surface area contributed by atoms with Crippen molar-refractivity contribution in [3.8, 4) is 0 Å². The topological polar surface area (TPSA) is 55.2 Å². The molecule has 0 bridgehead atoms. The second-order valence-electron chi connectivity index (χ2n) is 4.73. The van der Waals surface area contributed by atoms with Crippen molar-refractivity contribution in [2.75, 3.05) is 18.1 Å². The summed E-state index contributed by atoms with van der Waals surface area (Å²) in [5, 5.41) is 14.3. The van der Waals surface area contributed by atoms with Crippen LogP contribution >= 0.6 is 11.8 Å². The summed E-state index contributed by atoms with van der Waals surface area (Å²) in [5.41, 5.74) is 1.66. The van der Waals surface area contributed by atoms with Crippen LogP contribution in [0.2, 0.25) is 0 Å². The van der Waals surface area contributed by atoms with E-state index in [4.69, 9.17) is 0 Å². The number of hydrogen-bond donors (Lipinski definition) is 1. The van der Waals surface area contributed by atoms with Crippen molar-refractivity contribution in [3.05, 3.63) is 33.9 Å². The van der Waals surface area contributed by atoms with E-state index in [0.29, 0.717) is 5.69 Å². The van der Waals surface area contributed by atoms with Gasteiger partial charge in [0.05, 0.1) is 4.92 Å². The average molecular weight is 282 g/mol. The lowest BCUT2D eigenvalue weighted by Gasteiger charge is -2.30. The first-order chi connectivity index (χ1) is 8.98. The van der Waals surface area contributed by atoms with Crippen LogP contribution in [-0.2, 0) is 0 Å². The van der Waals surface area contributed by atoms with E-state index in [-0.39, 0.29) is 15.4 Å². The molecule has 1 rings (SSSR count). The highest BCUT2D eigenvalue weighted by Gasteiger charge is 2.25. The van der Waals surface area contributed by atoms with Gasteiger partial charge in [-0.15, -0.1) is 0 Å². The fourth-order valence-electron chi connectivity index (χ4n) is 2.06. The fourth-order valence-corrected chi connectivity index (χ4v) is 2.85.